The van der Waals surface area contributed by atoms with Crippen LogP contribution in [0.1, 0.15) is 31.4 Å². The first-order valence-electron chi connectivity index (χ1n) is 6.54. The van der Waals surface area contributed by atoms with Crippen molar-refractivity contribution >= 4 is 29.2 Å². The molecule has 6 heteroatoms. The Morgan fingerprint density at radius 3 is 2.85 bits per heavy atom. The molecule has 110 valence electrons. The molecule has 1 aliphatic heterocycles. The van der Waals surface area contributed by atoms with Gasteiger partial charge in [-0.2, -0.15) is 0 Å². The summed E-state index contributed by atoms with van der Waals surface area (Å²) < 4.78 is 5.44. The van der Waals surface area contributed by atoms with Gasteiger partial charge in [0.05, 0.1) is 6.10 Å². The molecule has 1 heterocycles. The number of hydrogen-bond acceptors (Lipinski definition) is 3. The number of aliphatic carboxylic acids is 1. The highest BCUT2D eigenvalue weighted by molar-refractivity contribution is 6.35. The number of carboxylic acids is 1. The van der Waals surface area contributed by atoms with E-state index in [9.17, 15) is 4.79 Å². The van der Waals surface area contributed by atoms with Gasteiger partial charge in [0, 0.05) is 22.6 Å². The highest BCUT2D eigenvalue weighted by Crippen LogP contribution is 2.26. The Kier molecular flexibility index (Phi) is 5.27. The first-order chi connectivity index (χ1) is 9.47. The number of carbonyl (C=O) groups is 1. The number of rotatable bonds is 5. The molecule has 0 spiro atoms. The van der Waals surface area contributed by atoms with Gasteiger partial charge in [0.25, 0.3) is 0 Å². The predicted octanol–water partition coefficient (Wildman–Crippen LogP) is 3.28. The fourth-order valence-corrected chi connectivity index (χ4v) is 2.88. The maximum atomic E-state index is 10.8. The molecular formula is C14H17Cl2NO3. The lowest BCUT2D eigenvalue weighted by molar-refractivity contribution is -0.149. The van der Waals surface area contributed by atoms with Crippen LogP contribution in [0.5, 0.6) is 0 Å². The second kappa shape index (κ2) is 6.76. The Hall–Kier alpha value is -0.810. The second-order valence-electron chi connectivity index (χ2n) is 4.96. The Labute approximate surface area is 128 Å². The monoisotopic (exact) mass is 317 g/mol. The van der Waals surface area contributed by atoms with Crippen LogP contribution in [-0.2, 0) is 9.53 Å². The molecule has 0 bridgehead atoms. The maximum absolute atomic E-state index is 10.8. The van der Waals surface area contributed by atoms with Crippen molar-refractivity contribution in [3.05, 3.63) is 33.8 Å². The molecule has 20 heavy (non-hydrogen) atoms. The van der Waals surface area contributed by atoms with Gasteiger partial charge in [-0.1, -0.05) is 29.3 Å². The normalized spacial score (nSPS) is 23.8. The molecule has 2 rings (SSSR count). The van der Waals surface area contributed by atoms with Gasteiger partial charge in [0.1, 0.15) is 0 Å². The third kappa shape index (κ3) is 3.85. The van der Waals surface area contributed by atoms with Crippen molar-refractivity contribution in [3.8, 4) is 0 Å². The minimum atomic E-state index is -0.888. The van der Waals surface area contributed by atoms with Crippen LogP contribution < -0.4 is 5.32 Å². The van der Waals surface area contributed by atoms with E-state index in [-0.39, 0.29) is 12.1 Å². The molecule has 0 radical (unpaired) electrons. The van der Waals surface area contributed by atoms with E-state index < -0.39 is 12.1 Å². The van der Waals surface area contributed by atoms with Gasteiger partial charge >= 0.3 is 5.97 Å². The van der Waals surface area contributed by atoms with Crippen molar-refractivity contribution in [1.29, 1.82) is 0 Å². The average Bonchev–Trinajstić information content (AvgIpc) is 2.85. The predicted molar refractivity (Wildman–Crippen MR) is 78.4 cm³/mol. The summed E-state index contributed by atoms with van der Waals surface area (Å²) in [6.07, 6.45) is 0.587. The Balaban J connectivity index is 1.86. The SMILES string of the molecule is CC(NCC1CCC(C(=O)O)O1)c1ccc(Cl)cc1Cl. The zero-order chi connectivity index (χ0) is 14.7. The van der Waals surface area contributed by atoms with Crippen molar-refractivity contribution in [3.63, 3.8) is 0 Å². The van der Waals surface area contributed by atoms with Crippen LogP contribution in [0.4, 0.5) is 0 Å². The van der Waals surface area contributed by atoms with Crippen LogP contribution in [0.2, 0.25) is 10.0 Å². The lowest BCUT2D eigenvalue weighted by Crippen LogP contribution is -2.30. The maximum Gasteiger partial charge on any atom is 0.332 e. The van der Waals surface area contributed by atoms with E-state index in [0.29, 0.717) is 23.0 Å². The number of halogens is 2. The molecule has 0 aromatic heterocycles. The van der Waals surface area contributed by atoms with Crippen LogP contribution in [-0.4, -0.2) is 29.8 Å². The summed E-state index contributed by atoms with van der Waals surface area (Å²) in [5.41, 5.74) is 0.962. The summed E-state index contributed by atoms with van der Waals surface area (Å²) in [7, 11) is 0. The summed E-state index contributed by atoms with van der Waals surface area (Å²) in [4.78, 5) is 10.8. The summed E-state index contributed by atoms with van der Waals surface area (Å²) >= 11 is 12.0. The quantitative estimate of drug-likeness (QED) is 0.875. The molecule has 1 fully saturated rings. The second-order valence-corrected chi connectivity index (χ2v) is 5.80. The van der Waals surface area contributed by atoms with Gasteiger partial charge in [-0.3, -0.25) is 0 Å². The number of ether oxygens (including phenoxy) is 1. The van der Waals surface area contributed by atoms with E-state index in [1.807, 2.05) is 13.0 Å². The first kappa shape index (κ1) is 15.6. The highest BCUT2D eigenvalue weighted by atomic mass is 35.5. The van der Waals surface area contributed by atoms with Gasteiger partial charge in [0.15, 0.2) is 6.10 Å². The van der Waals surface area contributed by atoms with Crippen molar-refractivity contribution in [1.82, 2.24) is 5.32 Å². The number of hydrogen-bond donors (Lipinski definition) is 2. The van der Waals surface area contributed by atoms with E-state index in [1.54, 1.807) is 12.1 Å². The van der Waals surface area contributed by atoms with Gasteiger partial charge < -0.3 is 15.2 Å². The molecule has 0 aliphatic carbocycles. The summed E-state index contributed by atoms with van der Waals surface area (Å²) in [6.45, 7) is 2.60. The molecule has 4 nitrogen and oxygen atoms in total. The number of carboxylic acid groups (broad SMARTS) is 1. The molecule has 1 saturated heterocycles. The van der Waals surface area contributed by atoms with Crippen LogP contribution in [0.3, 0.4) is 0 Å². The van der Waals surface area contributed by atoms with Gasteiger partial charge in [-0.15, -0.1) is 0 Å². The third-order valence-electron chi connectivity index (χ3n) is 3.46. The fourth-order valence-electron chi connectivity index (χ4n) is 2.31. The van der Waals surface area contributed by atoms with Gasteiger partial charge in [0.2, 0.25) is 0 Å². The van der Waals surface area contributed by atoms with Crippen LogP contribution >= 0.6 is 23.2 Å². The standard InChI is InChI=1S/C14H17Cl2NO3/c1-8(11-4-2-9(15)6-12(11)16)17-7-10-3-5-13(20-10)14(18)19/h2,4,6,8,10,13,17H,3,5,7H2,1H3,(H,18,19). The van der Waals surface area contributed by atoms with E-state index in [2.05, 4.69) is 5.32 Å². The Morgan fingerprint density at radius 1 is 1.50 bits per heavy atom. The van der Waals surface area contributed by atoms with E-state index in [0.717, 1.165) is 12.0 Å². The molecular weight excluding hydrogens is 301 g/mol. The summed E-state index contributed by atoms with van der Waals surface area (Å²) in [5.74, 6) is -0.888. The lowest BCUT2D eigenvalue weighted by Gasteiger charge is -2.19. The molecule has 0 amide bonds. The molecule has 1 aromatic carbocycles. The van der Waals surface area contributed by atoms with E-state index >= 15 is 0 Å². The lowest BCUT2D eigenvalue weighted by atomic mass is 10.1. The van der Waals surface area contributed by atoms with Crippen molar-refractivity contribution in [2.24, 2.45) is 0 Å². The molecule has 1 aromatic rings. The van der Waals surface area contributed by atoms with Crippen molar-refractivity contribution < 1.29 is 14.6 Å². The van der Waals surface area contributed by atoms with Gasteiger partial charge in [-0.25, -0.2) is 4.79 Å². The summed E-state index contributed by atoms with van der Waals surface area (Å²) in [5, 5.41) is 13.4. The van der Waals surface area contributed by atoms with Crippen LogP contribution in [0.15, 0.2) is 18.2 Å². The minimum Gasteiger partial charge on any atom is -0.479 e. The molecule has 3 unspecified atom stereocenters. The largest absolute Gasteiger partial charge is 0.479 e. The van der Waals surface area contributed by atoms with Crippen molar-refractivity contribution in [2.75, 3.05) is 6.54 Å². The van der Waals surface area contributed by atoms with E-state index in [4.69, 9.17) is 33.0 Å². The zero-order valence-electron chi connectivity index (χ0n) is 11.1. The zero-order valence-corrected chi connectivity index (χ0v) is 12.6. The summed E-state index contributed by atoms with van der Waals surface area (Å²) in [6, 6.07) is 5.45. The topological polar surface area (TPSA) is 58.6 Å². The number of nitrogens with one attached hydrogen (secondary N) is 1. The smallest absolute Gasteiger partial charge is 0.332 e. The van der Waals surface area contributed by atoms with Crippen LogP contribution in [0, 0.1) is 0 Å². The molecule has 2 N–H and O–H groups in total. The van der Waals surface area contributed by atoms with E-state index in [1.165, 1.54) is 0 Å². The molecule has 1 aliphatic rings. The average molecular weight is 318 g/mol. The van der Waals surface area contributed by atoms with Gasteiger partial charge in [-0.05, 0) is 37.5 Å². The van der Waals surface area contributed by atoms with Crippen molar-refractivity contribution in [2.45, 2.75) is 38.0 Å². The first-order valence-corrected chi connectivity index (χ1v) is 7.29. The van der Waals surface area contributed by atoms with Crippen LogP contribution in [0.25, 0.3) is 0 Å². The number of benzene rings is 1. The fraction of sp³-hybridized carbons (Fsp3) is 0.500. The Bertz CT molecular complexity index is 495. The Morgan fingerprint density at radius 2 is 2.25 bits per heavy atom. The minimum absolute atomic E-state index is 0.0484. The highest BCUT2D eigenvalue weighted by Gasteiger charge is 2.30. The molecule has 0 saturated carbocycles. The third-order valence-corrected chi connectivity index (χ3v) is 4.03. The molecule has 3 atom stereocenters.